The second-order valence-electron chi connectivity index (χ2n) is 10.5. The Labute approximate surface area is 241 Å². The smallest absolute Gasteiger partial charge is 0.163 e. The van der Waals surface area contributed by atoms with Gasteiger partial charge in [0.15, 0.2) is 5.82 Å². The highest BCUT2D eigenvalue weighted by Gasteiger charge is 2.29. The van der Waals surface area contributed by atoms with Crippen molar-refractivity contribution in [3.8, 4) is 17.1 Å². The Morgan fingerprint density at radius 2 is 1.90 bits per heavy atom. The number of nitrogens with zero attached hydrogens (tertiary/aromatic N) is 4. The zero-order valence-corrected chi connectivity index (χ0v) is 24.6. The van der Waals surface area contributed by atoms with Crippen LogP contribution in [0.25, 0.3) is 17.0 Å². The van der Waals surface area contributed by atoms with Crippen LogP contribution in [0.4, 0.5) is 5.82 Å². The maximum Gasteiger partial charge on any atom is 0.163 e. The molecular weight excluding hydrogens is 532 g/mol. The highest BCUT2D eigenvalue weighted by Crippen LogP contribution is 2.35. The van der Waals surface area contributed by atoms with Crippen molar-refractivity contribution in [1.29, 1.82) is 5.41 Å². The maximum atomic E-state index is 10.5. The number of morpholine rings is 1. The molecule has 2 fully saturated rings. The van der Waals surface area contributed by atoms with Gasteiger partial charge in [-0.2, -0.15) is 0 Å². The van der Waals surface area contributed by atoms with Gasteiger partial charge in [-0.25, -0.2) is 9.97 Å². The monoisotopic (exact) mass is 572 g/mol. The van der Waals surface area contributed by atoms with Crippen molar-refractivity contribution in [2.24, 2.45) is 0 Å². The molecule has 2 aromatic rings. The molecule has 4 N–H and O–H groups in total. The fourth-order valence-electron chi connectivity index (χ4n) is 5.43. The van der Waals surface area contributed by atoms with E-state index in [1.165, 1.54) is 0 Å². The first-order chi connectivity index (χ1) is 19.2. The third-order valence-corrected chi connectivity index (χ3v) is 7.81. The molecule has 0 amide bonds. The zero-order valence-electron chi connectivity index (χ0n) is 23.8. The molecule has 1 aromatic heterocycles. The van der Waals surface area contributed by atoms with E-state index in [1.807, 2.05) is 6.92 Å². The van der Waals surface area contributed by atoms with Crippen LogP contribution >= 0.6 is 11.6 Å². The number of ether oxygens (including phenoxy) is 2. The van der Waals surface area contributed by atoms with Crippen molar-refractivity contribution < 1.29 is 19.7 Å². The summed E-state index contributed by atoms with van der Waals surface area (Å²) in [6.45, 7) is 10.9. The van der Waals surface area contributed by atoms with E-state index in [9.17, 15) is 10.2 Å². The lowest BCUT2D eigenvalue weighted by Crippen LogP contribution is -2.49. The Balaban J connectivity index is 1.70. The summed E-state index contributed by atoms with van der Waals surface area (Å²) in [4.78, 5) is 14.6. The van der Waals surface area contributed by atoms with E-state index in [0.29, 0.717) is 46.0 Å². The van der Waals surface area contributed by atoms with Crippen LogP contribution in [0.5, 0.6) is 5.75 Å². The normalized spacial score (nSPS) is 18.4. The van der Waals surface area contributed by atoms with Crippen LogP contribution in [0.15, 0.2) is 24.0 Å². The second-order valence-corrected chi connectivity index (χ2v) is 10.9. The minimum atomic E-state index is -0.658. The molecule has 3 heterocycles. The Morgan fingerprint density at radius 3 is 2.52 bits per heavy atom. The van der Waals surface area contributed by atoms with Gasteiger partial charge in [0.2, 0.25) is 0 Å². The van der Waals surface area contributed by atoms with Crippen molar-refractivity contribution in [3.05, 3.63) is 40.2 Å². The third-order valence-electron chi connectivity index (χ3n) is 7.48. The average molecular weight is 573 g/mol. The summed E-state index contributed by atoms with van der Waals surface area (Å²) in [6, 6.07) is 5.75. The van der Waals surface area contributed by atoms with Crippen LogP contribution in [0.2, 0.25) is 5.02 Å². The van der Waals surface area contributed by atoms with Crippen molar-refractivity contribution in [3.63, 3.8) is 0 Å². The lowest BCUT2D eigenvalue weighted by molar-refractivity contribution is 0.0114. The Bertz CT molecular complexity index is 1220. The van der Waals surface area contributed by atoms with Gasteiger partial charge in [0.25, 0.3) is 0 Å². The van der Waals surface area contributed by atoms with Crippen LogP contribution in [0.3, 0.4) is 0 Å². The van der Waals surface area contributed by atoms with E-state index in [0.717, 1.165) is 63.6 Å². The predicted octanol–water partition coefficient (Wildman–Crippen LogP) is 3.69. The molecule has 1 atom stereocenters. The number of nitrogens with one attached hydrogen (secondary N) is 2. The van der Waals surface area contributed by atoms with Crippen molar-refractivity contribution in [2.45, 2.75) is 45.8 Å². The molecular formula is C29H41ClN6O4. The quantitative estimate of drug-likeness (QED) is 0.249. The lowest BCUT2D eigenvalue weighted by atomic mass is 9.99. The third kappa shape index (κ3) is 7.11. The molecule has 0 unspecified atom stereocenters. The number of likely N-dealkylation sites (N-methyl/N-ethyl adjacent to an activating group) is 1. The van der Waals surface area contributed by atoms with Crippen molar-refractivity contribution >= 4 is 28.7 Å². The van der Waals surface area contributed by atoms with Gasteiger partial charge in [0, 0.05) is 55.6 Å². The molecule has 0 saturated carbocycles. The summed E-state index contributed by atoms with van der Waals surface area (Å²) in [5.74, 6) is 1.72. The van der Waals surface area contributed by atoms with E-state index >= 15 is 0 Å². The molecule has 2 saturated heterocycles. The Kier molecular flexibility index (Phi) is 10.4. The van der Waals surface area contributed by atoms with Crippen LogP contribution in [0.1, 0.15) is 37.9 Å². The SMILES string of the molecule is CNC[C@@H](O)COc1ccc(Cl)c(-c2nc(/C(C(C)=N)=C(\C)O)c(C)c(N3CCC(N4CCOCC4)CC3)n2)c1. The standard InChI is InChI=1S/C29H41ClN6O4/c1-18-27(26(19(2)31)20(3)37)33-28(24-15-23(5-6-25(24)30)40-17-22(38)16-32-4)34-29(18)36-9-7-21(8-10-36)35-11-13-39-14-12-35/h5-6,15,21-22,31-32,37-38H,7-14,16-17H2,1-4H3/b26-20+,31-19?/t22-/m1/s1. The number of allylic oxidation sites excluding steroid dienone is 2. The van der Waals surface area contributed by atoms with Crippen LogP contribution in [0, 0.1) is 12.3 Å². The Morgan fingerprint density at radius 1 is 1.20 bits per heavy atom. The number of anilines is 1. The zero-order chi connectivity index (χ0) is 28.8. The summed E-state index contributed by atoms with van der Waals surface area (Å²) >= 11 is 6.66. The first kappa shape index (κ1) is 30.2. The molecule has 218 valence electrons. The van der Waals surface area contributed by atoms with Crippen LogP contribution in [-0.2, 0) is 4.74 Å². The van der Waals surface area contributed by atoms with Gasteiger partial charge >= 0.3 is 0 Å². The number of hydrogen-bond acceptors (Lipinski definition) is 10. The van der Waals surface area contributed by atoms with Crippen molar-refractivity contribution in [2.75, 3.05) is 64.5 Å². The topological polar surface area (TPSA) is 127 Å². The summed E-state index contributed by atoms with van der Waals surface area (Å²) < 4.78 is 11.4. The molecule has 10 nitrogen and oxygen atoms in total. The highest BCUT2D eigenvalue weighted by molar-refractivity contribution is 6.33. The molecule has 0 bridgehead atoms. The summed E-state index contributed by atoms with van der Waals surface area (Å²) in [5.41, 5.74) is 2.48. The van der Waals surface area contributed by atoms with Gasteiger partial charge in [0.05, 0.1) is 29.5 Å². The van der Waals surface area contributed by atoms with Gasteiger partial charge in [-0.1, -0.05) is 11.6 Å². The molecule has 11 heteroatoms. The minimum absolute atomic E-state index is 0.0268. The molecule has 1 aromatic carbocycles. The largest absolute Gasteiger partial charge is 0.512 e. The van der Waals surface area contributed by atoms with E-state index in [2.05, 4.69) is 15.1 Å². The predicted molar refractivity (Wildman–Crippen MR) is 159 cm³/mol. The second kappa shape index (κ2) is 13.7. The minimum Gasteiger partial charge on any atom is -0.512 e. The summed E-state index contributed by atoms with van der Waals surface area (Å²) in [7, 11) is 1.77. The van der Waals surface area contributed by atoms with Gasteiger partial charge in [-0.3, -0.25) is 4.90 Å². The first-order valence-corrected chi connectivity index (χ1v) is 14.2. The number of aliphatic hydroxyl groups is 2. The molecule has 2 aliphatic rings. The first-order valence-electron chi connectivity index (χ1n) is 13.9. The number of hydrogen-bond donors (Lipinski definition) is 4. The van der Waals surface area contributed by atoms with Gasteiger partial charge in [-0.15, -0.1) is 0 Å². The fourth-order valence-corrected chi connectivity index (χ4v) is 5.64. The van der Waals surface area contributed by atoms with Crippen LogP contribution < -0.4 is 15.0 Å². The van der Waals surface area contributed by atoms with E-state index in [-0.39, 0.29) is 18.1 Å². The lowest BCUT2D eigenvalue weighted by Gasteiger charge is -2.40. The number of benzene rings is 1. The number of aliphatic hydroxyl groups excluding tert-OH is 2. The van der Waals surface area contributed by atoms with E-state index in [4.69, 9.17) is 36.5 Å². The van der Waals surface area contributed by atoms with Crippen molar-refractivity contribution in [1.82, 2.24) is 20.2 Å². The molecule has 0 spiro atoms. The molecule has 0 radical (unpaired) electrons. The molecule has 2 aliphatic heterocycles. The Hall–Kier alpha value is -2.76. The number of piperidine rings is 1. The molecule has 0 aliphatic carbocycles. The number of halogens is 1. The van der Waals surface area contributed by atoms with Gasteiger partial charge in [-0.05, 0) is 58.9 Å². The van der Waals surface area contributed by atoms with Crippen LogP contribution in [-0.4, -0.2) is 103 Å². The highest BCUT2D eigenvalue weighted by atomic mass is 35.5. The summed E-state index contributed by atoms with van der Waals surface area (Å²) in [6.07, 6.45) is 1.37. The number of rotatable bonds is 10. The molecule has 40 heavy (non-hydrogen) atoms. The average Bonchev–Trinajstić information content (AvgIpc) is 2.94. The van der Waals surface area contributed by atoms with Gasteiger partial charge < -0.3 is 35.3 Å². The fraction of sp³-hybridized carbons (Fsp3) is 0.552. The summed E-state index contributed by atoms with van der Waals surface area (Å²) in [5, 5.41) is 32.3. The maximum absolute atomic E-state index is 10.5. The van der Waals surface area contributed by atoms with E-state index in [1.54, 1.807) is 39.1 Å². The van der Waals surface area contributed by atoms with E-state index < -0.39 is 6.10 Å². The van der Waals surface area contributed by atoms with Gasteiger partial charge in [0.1, 0.15) is 30.0 Å². The molecule has 4 rings (SSSR count). The number of aromatic nitrogens is 2.